The highest BCUT2D eigenvalue weighted by Crippen LogP contribution is 2.28. The molecule has 1 atom stereocenters. The van der Waals surface area contributed by atoms with E-state index in [2.05, 4.69) is 10.3 Å². The van der Waals surface area contributed by atoms with Crippen molar-refractivity contribution in [2.45, 2.75) is 33.7 Å². The van der Waals surface area contributed by atoms with Gasteiger partial charge in [0.15, 0.2) is 0 Å². The molecule has 0 saturated carbocycles. The smallest absolute Gasteiger partial charge is 0.272 e. The Morgan fingerprint density at radius 2 is 1.90 bits per heavy atom. The predicted molar refractivity (Wildman–Crippen MR) is 114 cm³/mol. The van der Waals surface area contributed by atoms with Gasteiger partial charge in [0, 0.05) is 11.8 Å². The molecule has 0 radical (unpaired) electrons. The summed E-state index contributed by atoms with van der Waals surface area (Å²) in [5, 5.41) is 12.6. The third-order valence-corrected chi connectivity index (χ3v) is 5.60. The first-order chi connectivity index (χ1) is 13.6. The minimum atomic E-state index is -0.831. The summed E-state index contributed by atoms with van der Waals surface area (Å²) in [4.78, 5) is 30.8. The molecule has 0 saturated heterocycles. The van der Waals surface area contributed by atoms with Crippen LogP contribution in [-0.4, -0.2) is 32.5 Å². The molecule has 1 aromatic carbocycles. The van der Waals surface area contributed by atoms with E-state index in [-0.39, 0.29) is 11.4 Å². The van der Waals surface area contributed by atoms with E-state index < -0.39 is 23.3 Å². The Hall–Kier alpha value is -2.97. The summed E-state index contributed by atoms with van der Waals surface area (Å²) in [5.41, 5.74) is 9.90. The van der Waals surface area contributed by atoms with Crippen LogP contribution in [0.1, 0.15) is 41.7 Å². The maximum Gasteiger partial charge on any atom is 0.272 e. The molecule has 0 bridgehead atoms. The number of carbonyl (C=O) groups excluding carboxylic acids is 2. The van der Waals surface area contributed by atoms with Crippen molar-refractivity contribution in [2.75, 3.05) is 5.32 Å². The first-order valence-corrected chi connectivity index (χ1v) is 9.99. The van der Waals surface area contributed by atoms with E-state index in [1.54, 1.807) is 29.0 Å². The summed E-state index contributed by atoms with van der Waals surface area (Å²) >= 11 is 1.55. The van der Waals surface area contributed by atoms with Gasteiger partial charge in [-0.25, -0.2) is 4.98 Å². The SMILES string of the molecule is Cc1ncsc1-c1ccc(NC(=O)c2cc(O)cn2C(=O)[C@@H](N)C(C)(C)C)cc1. The van der Waals surface area contributed by atoms with Gasteiger partial charge < -0.3 is 16.2 Å². The number of anilines is 1. The molecule has 2 heterocycles. The van der Waals surface area contributed by atoms with Crippen molar-refractivity contribution >= 4 is 28.8 Å². The van der Waals surface area contributed by atoms with E-state index in [0.29, 0.717) is 5.69 Å². The summed E-state index contributed by atoms with van der Waals surface area (Å²) < 4.78 is 1.11. The number of aryl methyl sites for hydroxylation is 1. The number of rotatable bonds is 4. The molecule has 3 rings (SSSR count). The fraction of sp³-hybridized carbons (Fsp3) is 0.286. The van der Waals surface area contributed by atoms with Gasteiger partial charge in [-0.3, -0.25) is 14.2 Å². The first kappa shape index (κ1) is 20.8. The van der Waals surface area contributed by atoms with Crippen LogP contribution < -0.4 is 11.1 Å². The number of nitrogens with two attached hydrogens (primary N) is 1. The lowest BCUT2D eigenvalue weighted by Crippen LogP contribution is -2.45. The summed E-state index contributed by atoms with van der Waals surface area (Å²) in [7, 11) is 0. The normalized spacial score (nSPS) is 12.6. The number of hydrogen-bond acceptors (Lipinski definition) is 6. The molecule has 0 fully saturated rings. The van der Waals surface area contributed by atoms with Crippen LogP contribution in [0, 0.1) is 12.3 Å². The topological polar surface area (TPSA) is 110 Å². The Kier molecular flexibility index (Phi) is 5.59. The number of carbonyl (C=O) groups is 2. The quantitative estimate of drug-likeness (QED) is 0.602. The van der Waals surface area contributed by atoms with Gasteiger partial charge in [-0.05, 0) is 30.0 Å². The fourth-order valence-corrected chi connectivity index (χ4v) is 3.62. The molecule has 29 heavy (non-hydrogen) atoms. The maximum atomic E-state index is 12.7. The standard InChI is InChI=1S/C21H24N4O3S/c1-12-17(29-11-23-12)13-5-7-14(8-6-13)24-19(27)16-9-15(26)10-25(16)20(28)18(22)21(2,3)4/h5-11,18,26H,22H2,1-4H3,(H,24,27)/t18-/m1/s1. The van der Waals surface area contributed by atoms with Crippen LogP contribution in [0.5, 0.6) is 5.75 Å². The number of hydrogen-bond donors (Lipinski definition) is 3. The van der Waals surface area contributed by atoms with Crippen molar-refractivity contribution in [1.82, 2.24) is 9.55 Å². The first-order valence-electron chi connectivity index (χ1n) is 9.11. The Morgan fingerprint density at radius 1 is 1.24 bits per heavy atom. The van der Waals surface area contributed by atoms with E-state index >= 15 is 0 Å². The summed E-state index contributed by atoms with van der Waals surface area (Å²) in [6, 6.07) is 7.77. The lowest BCUT2D eigenvalue weighted by atomic mass is 9.87. The van der Waals surface area contributed by atoms with Crippen molar-refractivity contribution in [3.63, 3.8) is 0 Å². The molecule has 0 unspecified atom stereocenters. The molecule has 0 aliphatic rings. The zero-order valence-corrected chi connectivity index (χ0v) is 17.6. The van der Waals surface area contributed by atoms with Crippen LogP contribution in [0.4, 0.5) is 5.69 Å². The third kappa shape index (κ3) is 4.38. The summed E-state index contributed by atoms with van der Waals surface area (Å²) in [5.74, 6) is -1.15. The monoisotopic (exact) mass is 412 g/mol. The van der Waals surface area contributed by atoms with E-state index in [1.165, 1.54) is 12.3 Å². The molecule has 0 aliphatic heterocycles. The molecule has 3 aromatic rings. The van der Waals surface area contributed by atoms with Crippen molar-refractivity contribution in [2.24, 2.45) is 11.1 Å². The number of aromatic nitrogens is 2. The lowest BCUT2D eigenvalue weighted by molar-refractivity contribution is 0.0801. The maximum absolute atomic E-state index is 12.7. The zero-order chi connectivity index (χ0) is 21.3. The minimum absolute atomic E-state index is 0.0228. The van der Waals surface area contributed by atoms with Gasteiger partial charge >= 0.3 is 0 Å². The molecule has 8 heteroatoms. The molecule has 0 spiro atoms. The number of amides is 1. The van der Waals surface area contributed by atoms with Gasteiger partial charge in [-0.1, -0.05) is 32.9 Å². The van der Waals surface area contributed by atoms with E-state index in [9.17, 15) is 14.7 Å². The Labute approximate surface area is 173 Å². The second-order valence-electron chi connectivity index (χ2n) is 7.93. The minimum Gasteiger partial charge on any atom is -0.506 e. The largest absolute Gasteiger partial charge is 0.506 e. The van der Waals surface area contributed by atoms with Crippen molar-refractivity contribution < 1.29 is 14.7 Å². The van der Waals surface area contributed by atoms with Crippen LogP contribution in [0.15, 0.2) is 42.0 Å². The number of benzene rings is 1. The highest BCUT2D eigenvalue weighted by Gasteiger charge is 2.31. The summed E-state index contributed by atoms with van der Waals surface area (Å²) in [6.07, 6.45) is 1.21. The number of thiazole rings is 1. The predicted octanol–water partition coefficient (Wildman–Crippen LogP) is 3.89. The van der Waals surface area contributed by atoms with E-state index in [1.807, 2.05) is 39.8 Å². The molecular weight excluding hydrogens is 388 g/mol. The van der Waals surface area contributed by atoms with Gasteiger partial charge in [0.05, 0.1) is 28.3 Å². The average molecular weight is 413 g/mol. The van der Waals surface area contributed by atoms with Gasteiger partial charge in [-0.2, -0.15) is 0 Å². The van der Waals surface area contributed by atoms with Crippen molar-refractivity contribution in [3.8, 4) is 16.2 Å². The highest BCUT2D eigenvalue weighted by atomic mass is 32.1. The zero-order valence-electron chi connectivity index (χ0n) is 16.8. The lowest BCUT2D eigenvalue weighted by Gasteiger charge is -2.26. The molecule has 2 aromatic heterocycles. The van der Waals surface area contributed by atoms with Gasteiger partial charge in [-0.15, -0.1) is 11.3 Å². The number of nitrogens with zero attached hydrogens (tertiary/aromatic N) is 2. The molecule has 4 N–H and O–H groups in total. The van der Waals surface area contributed by atoms with E-state index in [0.717, 1.165) is 20.7 Å². The Balaban J connectivity index is 1.81. The third-order valence-electron chi connectivity index (χ3n) is 4.63. The highest BCUT2D eigenvalue weighted by molar-refractivity contribution is 7.13. The summed E-state index contributed by atoms with van der Waals surface area (Å²) in [6.45, 7) is 7.46. The van der Waals surface area contributed by atoms with Crippen LogP contribution >= 0.6 is 11.3 Å². The number of nitrogens with one attached hydrogen (secondary N) is 1. The molecular formula is C21H24N4O3S. The van der Waals surface area contributed by atoms with Gasteiger partial charge in [0.2, 0.25) is 5.91 Å². The molecule has 152 valence electrons. The van der Waals surface area contributed by atoms with Crippen LogP contribution in [-0.2, 0) is 0 Å². The second kappa shape index (κ2) is 7.81. The Bertz CT molecular complexity index is 1040. The average Bonchev–Trinajstić information content (AvgIpc) is 3.26. The van der Waals surface area contributed by atoms with Crippen molar-refractivity contribution in [3.05, 3.63) is 53.4 Å². The van der Waals surface area contributed by atoms with E-state index in [4.69, 9.17) is 5.73 Å². The second-order valence-corrected chi connectivity index (χ2v) is 8.79. The fourth-order valence-electron chi connectivity index (χ4n) is 2.81. The Morgan fingerprint density at radius 3 is 2.45 bits per heavy atom. The molecule has 1 amide bonds. The van der Waals surface area contributed by atoms with Crippen molar-refractivity contribution in [1.29, 1.82) is 0 Å². The van der Waals surface area contributed by atoms with Crippen LogP contribution in [0.2, 0.25) is 0 Å². The van der Waals surface area contributed by atoms with Crippen LogP contribution in [0.3, 0.4) is 0 Å². The van der Waals surface area contributed by atoms with Gasteiger partial charge in [0.1, 0.15) is 11.4 Å². The number of aromatic hydroxyl groups is 1. The van der Waals surface area contributed by atoms with Gasteiger partial charge in [0.25, 0.3) is 5.91 Å². The molecule has 7 nitrogen and oxygen atoms in total. The van der Waals surface area contributed by atoms with Crippen LogP contribution in [0.25, 0.3) is 10.4 Å². The molecule has 0 aliphatic carbocycles.